The van der Waals surface area contributed by atoms with Gasteiger partial charge in [0.25, 0.3) is 5.91 Å². The Morgan fingerprint density at radius 1 is 1.12 bits per heavy atom. The number of nitrogens with one attached hydrogen (secondary N) is 1. The normalized spacial score (nSPS) is 12.5. The molecule has 126 valence electrons. The molecule has 5 heteroatoms. The van der Waals surface area contributed by atoms with Gasteiger partial charge in [-0.3, -0.25) is 14.6 Å². The average Bonchev–Trinajstić information content (AvgIpc) is 2.54. The van der Waals surface area contributed by atoms with Crippen molar-refractivity contribution in [3.05, 3.63) is 65.5 Å². The smallest absolute Gasteiger partial charge is 0.270 e. The van der Waals surface area contributed by atoms with E-state index in [4.69, 9.17) is 5.73 Å². The Kier molecular flexibility index (Phi) is 5.34. The number of pyridine rings is 1. The number of aromatic nitrogens is 1. The van der Waals surface area contributed by atoms with Crippen LogP contribution >= 0.6 is 0 Å². The van der Waals surface area contributed by atoms with E-state index in [-0.39, 0.29) is 11.1 Å². The van der Waals surface area contributed by atoms with Gasteiger partial charge in [0.05, 0.1) is 0 Å². The molecule has 2 amide bonds. The van der Waals surface area contributed by atoms with E-state index in [1.165, 1.54) is 11.8 Å². The van der Waals surface area contributed by atoms with E-state index in [1.807, 2.05) is 24.3 Å². The molecule has 0 aliphatic heterocycles. The van der Waals surface area contributed by atoms with Crippen LogP contribution < -0.4 is 11.1 Å². The van der Waals surface area contributed by atoms with Gasteiger partial charge in [0.1, 0.15) is 11.7 Å². The standard InChI is InChI=1S/C19H23N3O2/c1-19(2,3)14-9-7-13(8-10-14)12-16(17(20)23)22-18(24)15-6-4-5-11-21-15/h4-11,16H,12H2,1-3H3,(H2,20,23)(H,22,24)/t16-/m1/s1. The summed E-state index contributed by atoms with van der Waals surface area (Å²) >= 11 is 0. The minimum Gasteiger partial charge on any atom is -0.368 e. The van der Waals surface area contributed by atoms with Crippen LogP contribution in [0.15, 0.2) is 48.7 Å². The summed E-state index contributed by atoms with van der Waals surface area (Å²) in [5.41, 5.74) is 7.90. The highest BCUT2D eigenvalue weighted by molar-refractivity contribution is 5.95. The molecular formula is C19H23N3O2. The van der Waals surface area contributed by atoms with Gasteiger partial charge in [-0.1, -0.05) is 51.1 Å². The van der Waals surface area contributed by atoms with E-state index < -0.39 is 17.9 Å². The molecule has 0 saturated carbocycles. The number of carbonyl (C=O) groups excluding carboxylic acids is 2. The summed E-state index contributed by atoms with van der Waals surface area (Å²) in [5.74, 6) is -0.982. The summed E-state index contributed by atoms with van der Waals surface area (Å²) in [6.45, 7) is 6.42. The lowest BCUT2D eigenvalue weighted by Gasteiger charge is -2.20. The summed E-state index contributed by atoms with van der Waals surface area (Å²) < 4.78 is 0. The Hall–Kier alpha value is -2.69. The lowest BCUT2D eigenvalue weighted by atomic mass is 9.86. The van der Waals surface area contributed by atoms with Gasteiger partial charge in [-0.2, -0.15) is 0 Å². The van der Waals surface area contributed by atoms with E-state index in [0.717, 1.165) is 5.56 Å². The monoisotopic (exact) mass is 325 g/mol. The third-order valence-corrected chi connectivity index (χ3v) is 3.81. The molecule has 1 aromatic heterocycles. The number of nitrogens with two attached hydrogens (primary N) is 1. The Morgan fingerprint density at radius 2 is 1.79 bits per heavy atom. The molecule has 0 spiro atoms. The van der Waals surface area contributed by atoms with Crippen LogP contribution in [0.5, 0.6) is 0 Å². The van der Waals surface area contributed by atoms with Gasteiger partial charge in [0, 0.05) is 12.6 Å². The summed E-state index contributed by atoms with van der Waals surface area (Å²) in [7, 11) is 0. The first-order valence-electron chi connectivity index (χ1n) is 7.88. The van der Waals surface area contributed by atoms with Crippen molar-refractivity contribution < 1.29 is 9.59 Å². The van der Waals surface area contributed by atoms with Crippen molar-refractivity contribution >= 4 is 11.8 Å². The van der Waals surface area contributed by atoms with Gasteiger partial charge in [0.15, 0.2) is 0 Å². The van der Waals surface area contributed by atoms with Crippen molar-refractivity contribution in [3.63, 3.8) is 0 Å². The zero-order chi connectivity index (χ0) is 17.7. The second kappa shape index (κ2) is 7.25. The topological polar surface area (TPSA) is 85.1 Å². The third kappa shape index (κ3) is 4.65. The van der Waals surface area contributed by atoms with E-state index in [0.29, 0.717) is 6.42 Å². The van der Waals surface area contributed by atoms with E-state index >= 15 is 0 Å². The highest BCUT2D eigenvalue weighted by atomic mass is 16.2. The van der Waals surface area contributed by atoms with Crippen LogP contribution in [0.25, 0.3) is 0 Å². The zero-order valence-electron chi connectivity index (χ0n) is 14.2. The number of benzene rings is 1. The average molecular weight is 325 g/mol. The van der Waals surface area contributed by atoms with Crippen LogP contribution in [0.3, 0.4) is 0 Å². The molecule has 1 heterocycles. The number of amides is 2. The van der Waals surface area contributed by atoms with Crippen molar-refractivity contribution in [1.82, 2.24) is 10.3 Å². The van der Waals surface area contributed by atoms with Crippen molar-refractivity contribution in [1.29, 1.82) is 0 Å². The zero-order valence-corrected chi connectivity index (χ0v) is 14.2. The minimum absolute atomic E-state index is 0.0643. The fourth-order valence-corrected chi connectivity index (χ4v) is 2.33. The lowest BCUT2D eigenvalue weighted by Crippen LogP contribution is -2.46. The van der Waals surface area contributed by atoms with Gasteiger partial charge >= 0.3 is 0 Å². The highest BCUT2D eigenvalue weighted by Gasteiger charge is 2.20. The molecule has 2 aromatic rings. The summed E-state index contributed by atoms with van der Waals surface area (Å²) in [6.07, 6.45) is 1.87. The molecule has 0 fully saturated rings. The highest BCUT2D eigenvalue weighted by Crippen LogP contribution is 2.22. The molecule has 0 aliphatic carbocycles. The molecule has 1 atom stereocenters. The Labute approximate surface area is 142 Å². The molecule has 24 heavy (non-hydrogen) atoms. The van der Waals surface area contributed by atoms with Crippen molar-refractivity contribution in [2.75, 3.05) is 0 Å². The van der Waals surface area contributed by atoms with Gasteiger partial charge in [0.2, 0.25) is 5.91 Å². The fraction of sp³-hybridized carbons (Fsp3) is 0.316. The van der Waals surface area contributed by atoms with Crippen molar-refractivity contribution in [3.8, 4) is 0 Å². The van der Waals surface area contributed by atoms with E-state index in [1.54, 1.807) is 18.2 Å². The second-order valence-electron chi connectivity index (χ2n) is 6.79. The lowest BCUT2D eigenvalue weighted by molar-refractivity contribution is -0.119. The fourth-order valence-electron chi connectivity index (χ4n) is 2.33. The van der Waals surface area contributed by atoms with Crippen LogP contribution in [-0.4, -0.2) is 22.8 Å². The first-order chi connectivity index (χ1) is 11.3. The summed E-state index contributed by atoms with van der Waals surface area (Å²) in [6, 6.07) is 12.2. The van der Waals surface area contributed by atoms with Gasteiger partial charge < -0.3 is 11.1 Å². The number of hydrogen-bond donors (Lipinski definition) is 2. The molecule has 0 bridgehead atoms. The van der Waals surface area contributed by atoms with Crippen LogP contribution in [0.2, 0.25) is 0 Å². The second-order valence-corrected chi connectivity index (χ2v) is 6.79. The first-order valence-corrected chi connectivity index (χ1v) is 7.88. The Bertz CT molecular complexity index is 704. The molecule has 2 rings (SSSR count). The van der Waals surface area contributed by atoms with Gasteiger partial charge in [-0.05, 0) is 28.7 Å². The molecule has 0 saturated heterocycles. The van der Waals surface area contributed by atoms with E-state index in [9.17, 15) is 9.59 Å². The predicted octanol–water partition coefficient (Wildman–Crippen LogP) is 2.21. The van der Waals surface area contributed by atoms with Gasteiger partial charge in [-0.25, -0.2) is 0 Å². The first kappa shape index (κ1) is 17.7. The van der Waals surface area contributed by atoms with Crippen LogP contribution in [0.1, 0.15) is 42.4 Å². The number of nitrogens with zero attached hydrogens (tertiary/aromatic N) is 1. The van der Waals surface area contributed by atoms with Crippen LogP contribution in [0.4, 0.5) is 0 Å². The number of hydrogen-bond acceptors (Lipinski definition) is 3. The minimum atomic E-state index is -0.778. The van der Waals surface area contributed by atoms with Crippen molar-refractivity contribution in [2.45, 2.75) is 38.6 Å². The summed E-state index contributed by atoms with van der Waals surface area (Å²) in [5, 5.41) is 2.65. The van der Waals surface area contributed by atoms with E-state index in [2.05, 4.69) is 31.1 Å². The van der Waals surface area contributed by atoms with Crippen LogP contribution in [0, 0.1) is 0 Å². The number of primary amides is 1. The Morgan fingerprint density at radius 3 is 2.29 bits per heavy atom. The third-order valence-electron chi connectivity index (χ3n) is 3.81. The SMILES string of the molecule is CC(C)(C)c1ccc(C[C@@H](NC(=O)c2ccccn2)C(N)=O)cc1. The quantitative estimate of drug-likeness (QED) is 0.884. The molecule has 0 unspecified atom stereocenters. The molecular weight excluding hydrogens is 302 g/mol. The molecule has 0 radical (unpaired) electrons. The van der Waals surface area contributed by atoms with Crippen LogP contribution in [-0.2, 0) is 16.6 Å². The maximum Gasteiger partial charge on any atom is 0.270 e. The molecule has 0 aliphatic rings. The maximum absolute atomic E-state index is 12.2. The maximum atomic E-state index is 12.2. The number of carbonyl (C=O) groups is 2. The molecule has 5 nitrogen and oxygen atoms in total. The Balaban J connectivity index is 2.09. The van der Waals surface area contributed by atoms with Gasteiger partial charge in [-0.15, -0.1) is 0 Å². The number of rotatable bonds is 5. The van der Waals surface area contributed by atoms with Crippen molar-refractivity contribution in [2.24, 2.45) is 5.73 Å². The predicted molar refractivity (Wildman–Crippen MR) is 93.5 cm³/mol. The summed E-state index contributed by atoms with van der Waals surface area (Å²) in [4.78, 5) is 27.8. The molecule has 1 aromatic carbocycles. The molecule has 3 N–H and O–H groups in total. The largest absolute Gasteiger partial charge is 0.368 e.